The van der Waals surface area contributed by atoms with Crippen LogP contribution in [-0.4, -0.2) is 0 Å². The van der Waals surface area contributed by atoms with Gasteiger partial charge in [0.1, 0.15) is 0 Å². The number of hydrogen-bond donors (Lipinski definition) is 1. The minimum Gasteiger partial charge on any atom is -0.356 e. The Morgan fingerprint density at radius 2 is 0.750 bits per heavy atom. The predicted molar refractivity (Wildman–Crippen MR) is 157 cm³/mol. The van der Waals surface area contributed by atoms with Crippen molar-refractivity contribution in [1.29, 1.82) is 0 Å². The molecule has 0 heterocycles. The second kappa shape index (κ2) is 11.2. The normalized spacial score (nSPS) is 11.2. The Kier molecular flexibility index (Phi) is 7.20. The monoisotopic (exact) mass is 463 g/mol. The number of hydrogen-bond acceptors (Lipinski definition) is 1. The second-order valence-corrected chi connectivity index (χ2v) is 8.93. The van der Waals surface area contributed by atoms with Crippen molar-refractivity contribution in [3.05, 3.63) is 155 Å². The van der Waals surface area contributed by atoms with E-state index in [0.717, 1.165) is 11.4 Å². The SMILES string of the molecule is Cc1ccc(/C=C/c2ccc(-c3ccc(/C=C/c4ccc(Nc5ccccc5)cc4)cc3)cc2)cc1. The zero-order valence-corrected chi connectivity index (χ0v) is 20.4. The molecule has 0 bridgehead atoms. The van der Waals surface area contributed by atoms with Crippen LogP contribution in [0.3, 0.4) is 0 Å². The summed E-state index contributed by atoms with van der Waals surface area (Å²) in [5, 5.41) is 3.42. The van der Waals surface area contributed by atoms with E-state index in [1.54, 1.807) is 0 Å². The molecule has 1 nitrogen and oxygen atoms in total. The average Bonchev–Trinajstić information content (AvgIpc) is 2.94. The second-order valence-electron chi connectivity index (χ2n) is 8.93. The van der Waals surface area contributed by atoms with Crippen LogP contribution >= 0.6 is 0 Å². The lowest BCUT2D eigenvalue weighted by Crippen LogP contribution is -1.89. The standard InChI is InChI=1S/C35H29N/c1-27-7-9-28(10-8-27)11-12-29-15-21-32(22-16-29)33-23-17-30(18-24-33)13-14-31-19-25-35(26-20-31)36-34-5-3-2-4-6-34/h2-26,36H,1H3/b12-11+,14-13+. The van der Waals surface area contributed by atoms with E-state index in [-0.39, 0.29) is 0 Å². The molecule has 174 valence electrons. The van der Waals surface area contributed by atoms with E-state index in [2.05, 4.69) is 146 Å². The lowest BCUT2D eigenvalue weighted by Gasteiger charge is -2.06. The summed E-state index contributed by atoms with van der Waals surface area (Å²) >= 11 is 0. The van der Waals surface area contributed by atoms with Crippen molar-refractivity contribution >= 4 is 35.7 Å². The van der Waals surface area contributed by atoms with Crippen LogP contribution in [0.5, 0.6) is 0 Å². The lowest BCUT2D eigenvalue weighted by molar-refractivity contribution is 1.46. The molecular formula is C35H29N. The van der Waals surface area contributed by atoms with Crippen LogP contribution in [0.1, 0.15) is 27.8 Å². The number of para-hydroxylation sites is 1. The zero-order valence-electron chi connectivity index (χ0n) is 20.4. The molecule has 0 unspecified atom stereocenters. The molecule has 5 rings (SSSR count). The van der Waals surface area contributed by atoms with Crippen molar-refractivity contribution in [2.24, 2.45) is 0 Å². The number of anilines is 2. The van der Waals surface area contributed by atoms with E-state index in [4.69, 9.17) is 0 Å². The molecule has 0 saturated carbocycles. The van der Waals surface area contributed by atoms with E-state index in [1.165, 1.54) is 38.9 Å². The zero-order chi connectivity index (χ0) is 24.6. The van der Waals surface area contributed by atoms with Gasteiger partial charge in [-0.05, 0) is 64.6 Å². The summed E-state index contributed by atoms with van der Waals surface area (Å²) in [5.41, 5.74) is 10.7. The molecule has 0 spiro atoms. The molecule has 5 aromatic rings. The van der Waals surface area contributed by atoms with Crippen LogP contribution in [0.4, 0.5) is 11.4 Å². The van der Waals surface area contributed by atoms with E-state index in [0.29, 0.717) is 0 Å². The fourth-order valence-electron chi connectivity index (χ4n) is 4.00. The summed E-state index contributed by atoms with van der Waals surface area (Å²) in [6.45, 7) is 2.11. The molecule has 0 radical (unpaired) electrons. The molecule has 0 amide bonds. The maximum atomic E-state index is 3.42. The van der Waals surface area contributed by atoms with Crippen LogP contribution < -0.4 is 5.32 Å². The lowest BCUT2D eigenvalue weighted by atomic mass is 10.0. The first-order valence-electron chi connectivity index (χ1n) is 12.3. The molecule has 0 aliphatic rings. The van der Waals surface area contributed by atoms with Gasteiger partial charge in [0.2, 0.25) is 0 Å². The highest BCUT2D eigenvalue weighted by Crippen LogP contribution is 2.23. The summed E-state index contributed by atoms with van der Waals surface area (Å²) in [6, 6.07) is 44.7. The minimum atomic E-state index is 1.08. The molecule has 1 N–H and O–H groups in total. The van der Waals surface area contributed by atoms with Crippen LogP contribution in [-0.2, 0) is 0 Å². The summed E-state index contributed by atoms with van der Waals surface area (Å²) < 4.78 is 0. The van der Waals surface area contributed by atoms with Gasteiger partial charge in [-0.1, -0.05) is 133 Å². The average molecular weight is 464 g/mol. The Morgan fingerprint density at radius 1 is 0.389 bits per heavy atom. The molecular weight excluding hydrogens is 434 g/mol. The molecule has 0 aromatic heterocycles. The van der Waals surface area contributed by atoms with Gasteiger partial charge < -0.3 is 5.32 Å². The molecule has 0 aliphatic carbocycles. The van der Waals surface area contributed by atoms with Gasteiger partial charge in [-0.25, -0.2) is 0 Å². The quantitative estimate of drug-likeness (QED) is 0.237. The highest BCUT2D eigenvalue weighted by Gasteiger charge is 1.99. The smallest absolute Gasteiger partial charge is 0.0384 e. The highest BCUT2D eigenvalue weighted by molar-refractivity contribution is 5.75. The predicted octanol–water partition coefficient (Wildman–Crippen LogP) is 9.75. The Bertz CT molecular complexity index is 1440. The van der Waals surface area contributed by atoms with Gasteiger partial charge in [0.15, 0.2) is 0 Å². The fourth-order valence-corrected chi connectivity index (χ4v) is 4.00. The third kappa shape index (κ3) is 6.28. The maximum absolute atomic E-state index is 3.42. The molecule has 1 heteroatoms. The number of rotatable bonds is 7. The van der Waals surface area contributed by atoms with Gasteiger partial charge >= 0.3 is 0 Å². The van der Waals surface area contributed by atoms with Crippen LogP contribution in [0.2, 0.25) is 0 Å². The third-order valence-corrected chi connectivity index (χ3v) is 6.14. The van der Waals surface area contributed by atoms with Crippen LogP contribution in [0.15, 0.2) is 127 Å². The van der Waals surface area contributed by atoms with Gasteiger partial charge in [0.25, 0.3) is 0 Å². The first-order valence-corrected chi connectivity index (χ1v) is 12.3. The van der Waals surface area contributed by atoms with Crippen molar-refractivity contribution in [3.8, 4) is 11.1 Å². The maximum Gasteiger partial charge on any atom is 0.0384 e. The Hall–Kier alpha value is -4.62. The summed E-state index contributed by atoms with van der Waals surface area (Å²) in [7, 11) is 0. The summed E-state index contributed by atoms with van der Waals surface area (Å²) in [4.78, 5) is 0. The van der Waals surface area contributed by atoms with Gasteiger partial charge in [-0.15, -0.1) is 0 Å². The molecule has 0 aliphatic heterocycles. The molecule has 36 heavy (non-hydrogen) atoms. The first-order chi connectivity index (χ1) is 17.7. The fraction of sp³-hybridized carbons (Fsp3) is 0.0286. The van der Waals surface area contributed by atoms with E-state index in [1.807, 2.05) is 18.2 Å². The van der Waals surface area contributed by atoms with Crippen LogP contribution in [0.25, 0.3) is 35.4 Å². The van der Waals surface area contributed by atoms with E-state index < -0.39 is 0 Å². The Morgan fingerprint density at radius 3 is 1.19 bits per heavy atom. The van der Waals surface area contributed by atoms with Gasteiger partial charge in [-0.2, -0.15) is 0 Å². The van der Waals surface area contributed by atoms with Crippen molar-refractivity contribution in [2.75, 3.05) is 5.32 Å². The number of aryl methyl sites for hydroxylation is 1. The van der Waals surface area contributed by atoms with Crippen LogP contribution in [0, 0.1) is 6.92 Å². The molecule has 0 fully saturated rings. The molecule has 0 saturated heterocycles. The number of nitrogens with one attached hydrogen (secondary N) is 1. The van der Waals surface area contributed by atoms with E-state index >= 15 is 0 Å². The Labute approximate surface area is 214 Å². The first kappa shape index (κ1) is 23.1. The van der Waals surface area contributed by atoms with Gasteiger partial charge in [0.05, 0.1) is 0 Å². The number of benzene rings is 5. The van der Waals surface area contributed by atoms with E-state index in [9.17, 15) is 0 Å². The molecule has 5 aromatic carbocycles. The van der Waals surface area contributed by atoms with Gasteiger partial charge in [-0.3, -0.25) is 0 Å². The minimum absolute atomic E-state index is 1.08. The van der Waals surface area contributed by atoms with Crippen molar-refractivity contribution < 1.29 is 0 Å². The summed E-state index contributed by atoms with van der Waals surface area (Å²) in [6.07, 6.45) is 8.62. The van der Waals surface area contributed by atoms with Crippen molar-refractivity contribution in [3.63, 3.8) is 0 Å². The third-order valence-electron chi connectivity index (χ3n) is 6.14. The highest BCUT2D eigenvalue weighted by atomic mass is 14.9. The largest absolute Gasteiger partial charge is 0.356 e. The summed E-state index contributed by atoms with van der Waals surface area (Å²) in [5.74, 6) is 0. The molecule has 0 atom stereocenters. The topological polar surface area (TPSA) is 12.0 Å². The van der Waals surface area contributed by atoms with Crippen molar-refractivity contribution in [1.82, 2.24) is 0 Å². The van der Waals surface area contributed by atoms with Gasteiger partial charge in [0, 0.05) is 11.4 Å². The Balaban J connectivity index is 1.19. The van der Waals surface area contributed by atoms with Crippen molar-refractivity contribution in [2.45, 2.75) is 6.92 Å².